The number of hydrazone groups is 1. The number of nitrogens with zero attached hydrogens (tertiary/aromatic N) is 3. The van der Waals surface area contributed by atoms with Crippen LogP contribution in [0.1, 0.15) is 24.7 Å². The molecule has 0 spiro atoms. The molecule has 0 amide bonds. The Morgan fingerprint density at radius 1 is 1.04 bits per heavy atom. The van der Waals surface area contributed by atoms with Crippen molar-refractivity contribution < 1.29 is 17.6 Å². The van der Waals surface area contributed by atoms with Crippen LogP contribution in [0.3, 0.4) is 0 Å². The molecule has 0 aliphatic rings. The zero-order valence-corrected chi connectivity index (χ0v) is 13.7. The Kier molecular flexibility index (Phi) is 4.83. The van der Waals surface area contributed by atoms with Crippen molar-refractivity contribution in [3.63, 3.8) is 0 Å². The molecule has 2 aromatic carbocycles. The van der Waals surface area contributed by atoms with Crippen LogP contribution in [0, 0.1) is 5.82 Å². The lowest BCUT2D eigenvalue weighted by Crippen LogP contribution is -2.13. The van der Waals surface area contributed by atoms with E-state index in [0.29, 0.717) is 23.1 Å². The third kappa shape index (κ3) is 3.79. The molecule has 134 valence electrons. The Morgan fingerprint density at radius 2 is 1.73 bits per heavy atom. The minimum absolute atomic E-state index is 0.0454. The second kappa shape index (κ2) is 7.07. The Labute approximate surface area is 146 Å². The molecule has 26 heavy (non-hydrogen) atoms. The van der Waals surface area contributed by atoms with E-state index < -0.39 is 12.0 Å². The van der Waals surface area contributed by atoms with Gasteiger partial charge < -0.3 is 0 Å². The first-order valence-corrected chi connectivity index (χ1v) is 7.81. The summed E-state index contributed by atoms with van der Waals surface area (Å²) < 4.78 is 52.2. The van der Waals surface area contributed by atoms with Crippen LogP contribution in [-0.2, 0) is 6.18 Å². The average molecular weight is 362 g/mol. The van der Waals surface area contributed by atoms with Crippen LogP contribution in [0.25, 0.3) is 10.9 Å². The van der Waals surface area contributed by atoms with Crippen molar-refractivity contribution >= 4 is 22.4 Å². The Bertz CT molecular complexity index is 950. The van der Waals surface area contributed by atoms with Gasteiger partial charge in [0.25, 0.3) is 0 Å². The van der Waals surface area contributed by atoms with Crippen molar-refractivity contribution in [3.05, 3.63) is 65.7 Å². The number of hydrogen-bond donors (Lipinski definition) is 1. The molecule has 0 aliphatic heterocycles. The smallest absolute Gasteiger partial charge is 0.260 e. The van der Waals surface area contributed by atoms with Gasteiger partial charge in [-0.1, -0.05) is 31.2 Å². The summed E-state index contributed by atoms with van der Waals surface area (Å²) in [5.74, 6) is -1.67. The van der Waals surface area contributed by atoms with E-state index in [1.165, 1.54) is 18.2 Å². The van der Waals surface area contributed by atoms with Crippen molar-refractivity contribution in [3.8, 4) is 0 Å². The summed E-state index contributed by atoms with van der Waals surface area (Å²) in [5.41, 5.74) is 3.99. The second-order valence-corrected chi connectivity index (χ2v) is 5.44. The highest BCUT2D eigenvalue weighted by molar-refractivity contribution is 6.01. The van der Waals surface area contributed by atoms with Crippen LogP contribution in [0.5, 0.6) is 0 Å². The molecule has 0 saturated carbocycles. The third-order valence-electron chi connectivity index (χ3n) is 3.67. The third-order valence-corrected chi connectivity index (χ3v) is 3.67. The van der Waals surface area contributed by atoms with Gasteiger partial charge in [-0.15, -0.1) is 0 Å². The summed E-state index contributed by atoms with van der Waals surface area (Å²) in [4.78, 5) is 7.13. The van der Waals surface area contributed by atoms with Gasteiger partial charge in [-0.05, 0) is 36.2 Å². The highest BCUT2D eigenvalue weighted by Crippen LogP contribution is 2.30. The molecule has 0 atom stereocenters. The first-order valence-electron chi connectivity index (χ1n) is 7.81. The summed E-state index contributed by atoms with van der Waals surface area (Å²) in [6.07, 6.45) is -4.18. The SMILES string of the molecule is CC/C(=N/Nc1nc(C(F)(F)F)nc2ccccc12)c1ccc(F)cc1. The summed E-state index contributed by atoms with van der Waals surface area (Å²) in [7, 11) is 0. The number of benzene rings is 2. The fourth-order valence-corrected chi connectivity index (χ4v) is 2.40. The van der Waals surface area contributed by atoms with Gasteiger partial charge in [-0.3, -0.25) is 5.43 Å². The van der Waals surface area contributed by atoms with Crippen LogP contribution in [-0.4, -0.2) is 15.7 Å². The second-order valence-electron chi connectivity index (χ2n) is 5.44. The molecule has 1 N–H and O–H groups in total. The zero-order valence-electron chi connectivity index (χ0n) is 13.7. The highest BCUT2D eigenvalue weighted by Gasteiger charge is 2.35. The summed E-state index contributed by atoms with van der Waals surface area (Å²) in [6, 6.07) is 12.0. The van der Waals surface area contributed by atoms with Gasteiger partial charge in [0.05, 0.1) is 11.2 Å². The predicted molar refractivity (Wildman–Crippen MR) is 91.4 cm³/mol. The molecule has 3 aromatic rings. The molecular weight excluding hydrogens is 348 g/mol. The van der Waals surface area contributed by atoms with Crippen LogP contribution in [0.2, 0.25) is 0 Å². The van der Waals surface area contributed by atoms with E-state index in [4.69, 9.17) is 0 Å². The Balaban J connectivity index is 2.02. The van der Waals surface area contributed by atoms with Crippen molar-refractivity contribution in [2.75, 3.05) is 5.43 Å². The fourth-order valence-electron chi connectivity index (χ4n) is 2.40. The topological polar surface area (TPSA) is 50.2 Å². The van der Waals surface area contributed by atoms with Crippen molar-refractivity contribution in [1.29, 1.82) is 0 Å². The van der Waals surface area contributed by atoms with Gasteiger partial charge in [0.15, 0.2) is 5.82 Å². The number of rotatable bonds is 4. The fraction of sp³-hybridized carbons (Fsp3) is 0.167. The number of alkyl halides is 3. The minimum Gasteiger partial charge on any atom is -0.260 e. The first kappa shape index (κ1) is 17.8. The molecule has 1 aromatic heterocycles. The van der Waals surface area contributed by atoms with E-state index >= 15 is 0 Å². The summed E-state index contributed by atoms with van der Waals surface area (Å²) in [5, 5.41) is 4.59. The van der Waals surface area contributed by atoms with E-state index in [2.05, 4.69) is 20.5 Å². The minimum atomic E-state index is -4.67. The maximum atomic E-state index is 13.1. The van der Waals surface area contributed by atoms with Gasteiger partial charge in [-0.2, -0.15) is 18.3 Å². The van der Waals surface area contributed by atoms with Gasteiger partial charge in [-0.25, -0.2) is 14.4 Å². The number of fused-ring (bicyclic) bond motifs is 1. The zero-order chi connectivity index (χ0) is 18.7. The van der Waals surface area contributed by atoms with Crippen LogP contribution < -0.4 is 5.43 Å². The number of anilines is 1. The van der Waals surface area contributed by atoms with E-state index in [1.54, 1.807) is 30.3 Å². The van der Waals surface area contributed by atoms with Gasteiger partial charge in [0, 0.05) is 5.39 Å². The molecule has 0 aliphatic carbocycles. The molecule has 0 fully saturated rings. The predicted octanol–water partition coefficient (Wildman–Crippen LogP) is 5.01. The number of para-hydroxylation sites is 1. The molecule has 0 bridgehead atoms. The molecule has 8 heteroatoms. The Hall–Kier alpha value is -3.03. The summed E-state index contributed by atoms with van der Waals surface area (Å²) in [6.45, 7) is 1.84. The molecular formula is C18H14F4N4. The molecule has 4 nitrogen and oxygen atoms in total. The van der Waals surface area contributed by atoms with Gasteiger partial charge in [0.2, 0.25) is 5.82 Å². The number of hydrogen-bond acceptors (Lipinski definition) is 4. The van der Waals surface area contributed by atoms with E-state index in [0.717, 1.165) is 0 Å². The van der Waals surface area contributed by atoms with Crippen molar-refractivity contribution in [2.45, 2.75) is 19.5 Å². The van der Waals surface area contributed by atoms with Crippen molar-refractivity contribution in [2.24, 2.45) is 5.10 Å². The molecule has 0 unspecified atom stereocenters. The van der Waals surface area contributed by atoms with E-state index in [-0.39, 0.29) is 17.2 Å². The van der Waals surface area contributed by atoms with E-state index in [9.17, 15) is 17.6 Å². The number of aromatic nitrogens is 2. The lowest BCUT2D eigenvalue weighted by molar-refractivity contribution is -0.144. The van der Waals surface area contributed by atoms with E-state index in [1.807, 2.05) is 6.92 Å². The van der Waals surface area contributed by atoms with Crippen LogP contribution in [0.15, 0.2) is 53.6 Å². The Morgan fingerprint density at radius 3 is 2.38 bits per heavy atom. The van der Waals surface area contributed by atoms with Gasteiger partial charge in [0.1, 0.15) is 5.82 Å². The largest absolute Gasteiger partial charge is 0.451 e. The highest BCUT2D eigenvalue weighted by atomic mass is 19.4. The lowest BCUT2D eigenvalue weighted by atomic mass is 10.1. The maximum Gasteiger partial charge on any atom is 0.451 e. The normalized spacial score (nSPS) is 12.4. The number of nitrogens with one attached hydrogen (secondary N) is 1. The molecule has 0 radical (unpaired) electrons. The monoisotopic (exact) mass is 362 g/mol. The molecule has 1 heterocycles. The van der Waals surface area contributed by atoms with Gasteiger partial charge >= 0.3 is 6.18 Å². The first-order chi connectivity index (χ1) is 12.4. The molecule has 3 rings (SSSR count). The lowest BCUT2D eigenvalue weighted by Gasteiger charge is -2.11. The number of halogens is 4. The van der Waals surface area contributed by atoms with Crippen molar-refractivity contribution in [1.82, 2.24) is 9.97 Å². The standard InChI is InChI=1S/C18H14F4N4/c1-2-14(11-7-9-12(19)10-8-11)25-26-16-13-5-3-4-6-15(13)23-17(24-16)18(20,21)22/h3-10H,2H2,1H3,(H,23,24,26)/b25-14-. The maximum absolute atomic E-state index is 13.1. The van der Waals surface area contributed by atoms with Crippen LogP contribution >= 0.6 is 0 Å². The summed E-state index contributed by atoms with van der Waals surface area (Å²) >= 11 is 0. The average Bonchev–Trinajstić information content (AvgIpc) is 2.62. The quantitative estimate of drug-likeness (QED) is 0.403. The molecule has 0 saturated heterocycles. The van der Waals surface area contributed by atoms with Crippen LogP contribution in [0.4, 0.5) is 23.4 Å².